The van der Waals surface area contributed by atoms with Crippen LogP contribution in [0.5, 0.6) is 0 Å². The molecule has 0 amide bonds. The zero-order valence-electron chi connectivity index (χ0n) is 9.82. The third kappa shape index (κ3) is 2.53. The average molecular weight is 203 g/mol. The van der Waals surface area contributed by atoms with Gasteiger partial charge in [0.15, 0.2) is 0 Å². The first-order chi connectivity index (χ1) is 7.27. The second-order valence-corrected chi connectivity index (χ2v) is 4.93. The van der Waals surface area contributed by atoms with E-state index in [2.05, 4.69) is 49.1 Å². The van der Waals surface area contributed by atoms with Crippen molar-refractivity contribution in [2.75, 3.05) is 18.0 Å². The molecule has 0 N–H and O–H groups in total. The maximum absolute atomic E-state index is 2.54. The minimum absolute atomic E-state index is 0.816. The third-order valence-electron chi connectivity index (χ3n) is 3.52. The number of benzene rings is 1. The van der Waals surface area contributed by atoms with Crippen molar-refractivity contribution in [3.8, 4) is 0 Å². The van der Waals surface area contributed by atoms with Crippen molar-refractivity contribution >= 4 is 5.69 Å². The number of hydrogen-bond donors (Lipinski definition) is 0. The van der Waals surface area contributed by atoms with Crippen molar-refractivity contribution in [2.45, 2.75) is 26.7 Å². The van der Waals surface area contributed by atoms with Crippen LogP contribution in [0.2, 0.25) is 0 Å². The summed E-state index contributed by atoms with van der Waals surface area (Å²) in [7, 11) is 0. The van der Waals surface area contributed by atoms with E-state index in [9.17, 15) is 0 Å². The first-order valence-electron chi connectivity index (χ1n) is 6.07. The number of hydrogen-bond acceptors (Lipinski definition) is 1. The molecular weight excluding hydrogens is 182 g/mol. The topological polar surface area (TPSA) is 3.24 Å². The Hall–Kier alpha value is -0.980. The maximum atomic E-state index is 2.54. The molecule has 1 heteroatoms. The fourth-order valence-corrected chi connectivity index (χ4v) is 2.43. The Morgan fingerprint density at radius 2 is 1.93 bits per heavy atom. The highest BCUT2D eigenvalue weighted by atomic mass is 15.1. The lowest BCUT2D eigenvalue weighted by Crippen LogP contribution is -2.37. The van der Waals surface area contributed by atoms with Gasteiger partial charge in [0.2, 0.25) is 0 Å². The molecule has 1 aromatic rings. The first kappa shape index (κ1) is 10.5. The van der Waals surface area contributed by atoms with Crippen LogP contribution in [0.1, 0.15) is 26.7 Å². The third-order valence-corrected chi connectivity index (χ3v) is 3.52. The van der Waals surface area contributed by atoms with Gasteiger partial charge in [-0.3, -0.25) is 0 Å². The van der Waals surface area contributed by atoms with Gasteiger partial charge >= 0.3 is 0 Å². The monoisotopic (exact) mass is 203 g/mol. The van der Waals surface area contributed by atoms with Crippen LogP contribution in [0, 0.1) is 11.8 Å². The van der Waals surface area contributed by atoms with Gasteiger partial charge in [-0.25, -0.2) is 0 Å². The normalized spacial score (nSPS) is 22.1. The van der Waals surface area contributed by atoms with Crippen LogP contribution < -0.4 is 4.90 Å². The second kappa shape index (κ2) is 4.69. The SMILES string of the molecule is CC(C)[C@@H]1CCCN(c2ccccc2)C1. The fourth-order valence-electron chi connectivity index (χ4n) is 2.43. The van der Waals surface area contributed by atoms with Gasteiger partial charge in [0.05, 0.1) is 0 Å². The molecule has 1 atom stereocenters. The van der Waals surface area contributed by atoms with Crippen molar-refractivity contribution in [2.24, 2.45) is 11.8 Å². The Morgan fingerprint density at radius 1 is 1.20 bits per heavy atom. The van der Waals surface area contributed by atoms with Gasteiger partial charge in [-0.1, -0.05) is 32.0 Å². The van der Waals surface area contributed by atoms with E-state index in [1.807, 2.05) is 0 Å². The van der Waals surface area contributed by atoms with Crippen LogP contribution in [0.15, 0.2) is 30.3 Å². The van der Waals surface area contributed by atoms with E-state index >= 15 is 0 Å². The van der Waals surface area contributed by atoms with E-state index in [0.29, 0.717) is 0 Å². The molecule has 1 fully saturated rings. The highest BCUT2D eigenvalue weighted by molar-refractivity contribution is 5.46. The van der Waals surface area contributed by atoms with Gasteiger partial charge in [-0.05, 0) is 36.8 Å². The minimum Gasteiger partial charge on any atom is -0.371 e. The molecule has 1 aliphatic heterocycles. The molecule has 1 aliphatic rings. The quantitative estimate of drug-likeness (QED) is 0.710. The minimum atomic E-state index is 0.816. The lowest BCUT2D eigenvalue weighted by Gasteiger charge is -2.36. The van der Waals surface area contributed by atoms with Crippen LogP contribution >= 0.6 is 0 Å². The van der Waals surface area contributed by atoms with Gasteiger partial charge in [0.25, 0.3) is 0 Å². The Bertz CT molecular complexity index is 291. The summed E-state index contributed by atoms with van der Waals surface area (Å²) in [6.45, 7) is 7.16. The van der Waals surface area contributed by atoms with Crippen LogP contribution in [-0.4, -0.2) is 13.1 Å². The van der Waals surface area contributed by atoms with Crippen LogP contribution in [0.4, 0.5) is 5.69 Å². The van der Waals surface area contributed by atoms with Gasteiger partial charge in [0, 0.05) is 18.8 Å². The summed E-state index contributed by atoms with van der Waals surface area (Å²) >= 11 is 0. The smallest absolute Gasteiger partial charge is 0.0366 e. The Morgan fingerprint density at radius 3 is 2.60 bits per heavy atom. The van der Waals surface area contributed by atoms with Crippen molar-refractivity contribution < 1.29 is 0 Å². The standard InChI is InChI=1S/C14H21N/c1-12(2)13-7-6-10-15(11-13)14-8-4-3-5-9-14/h3-5,8-9,12-13H,6-7,10-11H2,1-2H3/t13-/m1/s1. The van der Waals surface area contributed by atoms with Crippen molar-refractivity contribution in [3.63, 3.8) is 0 Å². The summed E-state index contributed by atoms with van der Waals surface area (Å²) in [6, 6.07) is 10.8. The number of para-hydroxylation sites is 1. The van der Waals surface area contributed by atoms with E-state index in [1.165, 1.54) is 31.6 Å². The Balaban J connectivity index is 2.05. The molecule has 0 bridgehead atoms. The lowest BCUT2D eigenvalue weighted by molar-refractivity contribution is 0.322. The summed E-state index contributed by atoms with van der Waals surface area (Å²) in [5, 5.41) is 0. The number of anilines is 1. The zero-order chi connectivity index (χ0) is 10.7. The predicted molar refractivity (Wildman–Crippen MR) is 66.2 cm³/mol. The molecule has 0 radical (unpaired) electrons. The highest BCUT2D eigenvalue weighted by Crippen LogP contribution is 2.27. The molecule has 0 spiro atoms. The van der Waals surface area contributed by atoms with Crippen LogP contribution in [-0.2, 0) is 0 Å². The van der Waals surface area contributed by atoms with E-state index in [1.54, 1.807) is 0 Å². The molecule has 0 saturated carbocycles. The molecule has 82 valence electrons. The summed E-state index contributed by atoms with van der Waals surface area (Å²) in [5.41, 5.74) is 1.39. The predicted octanol–water partition coefficient (Wildman–Crippen LogP) is 3.56. The number of nitrogens with zero attached hydrogens (tertiary/aromatic N) is 1. The summed E-state index contributed by atoms with van der Waals surface area (Å²) < 4.78 is 0. The molecule has 1 saturated heterocycles. The molecular formula is C14H21N. The summed E-state index contributed by atoms with van der Waals surface area (Å²) in [5.74, 6) is 1.69. The lowest BCUT2D eigenvalue weighted by atomic mass is 9.88. The maximum Gasteiger partial charge on any atom is 0.0366 e. The highest BCUT2D eigenvalue weighted by Gasteiger charge is 2.22. The molecule has 1 nitrogen and oxygen atoms in total. The van der Waals surface area contributed by atoms with Crippen LogP contribution in [0.25, 0.3) is 0 Å². The molecule has 1 aromatic carbocycles. The fraction of sp³-hybridized carbons (Fsp3) is 0.571. The van der Waals surface area contributed by atoms with E-state index in [0.717, 1.165) is 11.8 Å². The molecule has 1 heterocycles. The van der Waals surface area contributed by atoms with Gasteiger partial charge in [-0.2, -0.15) is 0 Å². The molecule has 0 aromatic heterocycles. The van der Waals surface area contributed by atoms with Gasteiger partial charge in [-0.15, -0.1) is 0 Å². The van der Waals surface area contributed by atoms with E-state index < -0.39 is 0 Å². The number of rotatable bonds is 2. The zero-order valence-corrected chi connectivity index (χ0v) is 9.82. The first-order valence-corrected chi connectivity index (χ1v) is 6.07. The molecule has 15 heavy (non-hydrogen) atoms. The average Bonchev–Trinajstić information content (AvgIpc) is 2.30. The van der Waals surface area contributed by atoms with Crippen molar-refractivity contribution in [3.05, 3.63) is 30.3 Å². The second-order valence-electron chi connectivity index (χ2n) is 4.93. The van der Waals surface area contributed by atoms with Gasteiger partial charge < -0.3 is 4.90 Å². The van der Waals surface area contributed by atoms with Crippen LogP contribution in [0.3, 0.4) is 0 Å². The largest absolute Gasteiger partial charge is 0.371 e. The van der Waals surface area contributed by atoms with Gasteiger partial charge in [0.1, 0.15) is 0 Å². The van der Waals surface area contributed by atoms with E-state index in [-0.39, 0.29) is 0 Å². The van der Waals surface area contributed by atoms with E-state index in [4.69, 9.17) is 0 Å². The summed E-state index contributed by atoms with van der Waals surface area (Å²) in [6.07, 6.45) is 2.75. The Labute approximate surface area is 93.1 Å². The number of piperidine rings is 1. The molecule has 2 rings (SSSR count). The molecule has 0 aliphatic carbocycles. The summed E-state index contributed by atoms with van der Waals surface area (Å²) in [4.78, 5) is 2.54. The van der Waals surface area contributed by atoms with Crippen molar-refractivity contribution in [1.82, 2.24) is 0 Å². The molecule has 0 unspecified atom stereocenters. The Kier molecular flexibility index (Phi) is 3.30. The van der Waals surface area contributed by atoms with Crippen molar-refractivity contribution in [1.29, 1.82) is 0 Å².